The van der Waals surface area contributed by atoms with E-state index in [2.05, 4.69) is 0 Å². The summed E-state index contributed by atoms with van der Waals surface area (Å²) in [4.78, 5) is 14.2. The molecule has 0 unspecified atom stereocenters. The number of nitrogens with two attached hydrogens (primary N) is 1. The van der Waals surface area contributed by atoms with Gasteiger partial charge in [0.15, 0.2) is 0 Å². The summed E-state index contributed by atoms with van der Waals surface area (Å²) in [6.45, 7) is 2.36. The first kappa shape index (κ1) is 13.9. The number of para-hydroxylation sites is 1. The summed E-state index contributed by atoms with van der Waals surface area (Å²) in [5, 5.41) is 0. The molecule has 0 atom stereocenters. The van der Waals surface area contributed by atoms with E-state index in [4.69, 9.17) is 10.5 Å². The number of hydrogen-bond acceptors (Lipinski definition) is 3. The largest absolute Gasteiger partial charge is 0.493 e. The third-order valence-corrected chi connectivity index (χ3v) is 3.02. The van der Waals surface area contributed by atoms with E-state index in [1.807, 2.05) is 37.3 Å². The van der Waals surface area contributed by atoms with Gasteiger partial charge in [-0.05, 0) is 31.2 Å². The number of ether oxygens (including phenoxy) is 1. The van der Waals surface area contributed by atoms with Gasteiger partial charge in [0.25, 0.3) is 5.91 Å². The second-order valence-electron chi connectivity index (χ2n) is 4.35. The third-order valence-electron chi connectivity index (χ3n) is 3.02. The average Bonchev–Trinajstić information content (AvgIpc) is 2.47. The van der Waals surface area contributed by atoms with Crippen LogP contribution in [0, 0.1) is 0 Å². The lowest BCUT2D eigenvalue weighted by Gasteiger charge is -2.20. The highest BCUT2D eigenvalue weighted by Gasteiger charge is 2.20. The summed E-state index contributed by atoms with van der Waals surface area (Å²) in [6.07, 6.45) is 0. The second-order valence-corrected chi connectivity index (χ2v) is 4.35. The maximum atomic E-state index is 12.6. The maximum absolute atomic E-state index is 12.6. The Morgan fingerprint density at radius 1 is 1.15 bits per heavy atom. The zero-order valence-electron chi connectivity index (χ0n) is 11.7. The Hall–Kier alpha value is -2.49. The van der Waals surface area contributed by atoms with Crippen LogP contribution in [-0.2, 0) is 0 Å². The molecule has 1 amide bonds. The molecule has 20 heavy (non-hydrogen) atoms. The molecule has 2 aromatic carbocycles. The molecule has 0 radical (unpaired) electrons. The first-order valence-electron chi connectivity index (χ1n) is 6.49. The molecule has 0 saturated heterocycles. The molecule has 0 aliphatic carbocycles. The van der Waals surface area contributed by atoms with Crippen LogP contribution in [0.1, 0.15) is 17.3 Å². The first-order valence-corrected chi connectivity index (χ1v) is 6.49. The zero-order chi connectivity index (χ0) is 14.5. The van der Waals surface area contributed by atoms with Crippen molar-refractivity contribution in [1.82, 2.24) is 0 Å². The van der Waals surface area contributed by atoms with Gasteiger partial charge < -0.3 is 15.4 Å². The minimum absolute atomic E-state index is 0.183. The Morgan fingerprint density at radius 2 is 1.85 bits per heavy atom. The number of carbonyl (C=O) groups is 1. The van der Waals surface area contributed by atoms with Gasteiger partial charge >= 0.3 is 0 Å². The summed E-state index contributed by atoms with van der Waals surface area (Å²) < 4.78 is 5.50. The molecule has 0 bridgehead atoms. The molecule has 0 aliphatic rings. The molecule has 0 spiro atoms. The molecule has 2 rings (SSSR count). The number of benzene rings is 2. The van der Waals surface area contributed by atoms with Crippen molar-refractivity contribution < 1.29 is 9.53 Å². The van der Waals surface area contributed by atoms with E-state index in [0.29, 0.717) is 23.6 Å². The van der Waals surface area contributed by atoms with Crippen molar-refractivity contribution in [2.45, 2.75) is 6.92 Å². The minimum Gasteiger partial charge on any atom is -0.493 e. The highest BCUT2D eigenvalue weighted by atomic mass is 16.5. The molecule has 2 N–H and O–H groups in total. The molecule has 0 fully saturated rings. The molecular weight excluding hydrogens is 252 g/mol. The molecule has 0 aromatic heterocycles. The van der Waals surface area contributed by atoms with E-state index in [0.717, 1.165) is 5.69 Å². The second kappa shape index (κ2) is 6.10. The van der Waals surface area contributed by atoms with E-state index in [1.165, 1.54) is 0 Å². The van der Waals surface area contributed by atoms with Crippen LogP contribution >= 0.6 is 0 Å². The molecule has 4 heteroatoms. The van der Waals surface area contributed by atoms with Crippen molar-refractivity contribution in [3.8, 4) is 5.75 Å². The van der Waals surface area contributed by atoms with E-state index >= 15 is 0 Å². The predicted molar refractivity (Wildman–Crippen MR) is 81.2 cm³/mol. The van der Waals surface area contributed by atoms with Crippen LogP contribution in [0.25, 0.3) is 0 Å². The smallest absolute Gasteiger partial charge is 0.263 e. The fourth-order valence-electron chi connectivity index (χ4n) is 1.99. The Kier molecular flexibility index (Phi) is 4.25. The van der Waals surface area contributed by atoms with Gasteiger partial charge in [-0.2, -0.15) is 0 Å². The number of rotatable bonds is 4. The molecular formula is C16H18N2O2. The van der Waals surface area contributed by atoms with Crippen LogP contribution in [0.2, 0.25) is 0 Å². The van der Waals surface area contributed by atoms with E-state index in [1.54, 1.807) is 30.1 Å². The van der Waals surface area contributed by atoms with Gasteiger partial charge in [-0.25, -0.2) is 0 Å². The highest BCUT2D eigenvalue weighted by Crippen LogP contribution is 2.27. The number of anilines is 2. The number of amides is 1. The van der Waals surface area contributed by atoms with Crippen LogP contribution in [-0.4, -0.2) is 19.6 Å². The molecule has 2 aromatic rings. The number of nitrogens with zero attached hydrogens (tertiary/aromatic N) is 1. The lowest BCUT2D eigenvalue weighted by molar-refractivity contribution is 0.0990. The van der Waals surface area contributed by atoms with Crippen molar-refractivity contribution in [1.29, 1.82) is 0 Å². The van der Waals surface area contributed by atoms with Crippen molar-refractivity contribution in [2.75, 3.05) is 24.3 Å². The quantitative estimate of drug-likeness (QED) is 0.869. The fraction of sp³-hybridized carbons (Fsp3) is 0.188. The lowest BCUT2D eigenvalue weighted by Crippen LogP contribution is -2.27. The standard InChI is InChI=1S/C16H18N2O2/c1-3-20-14-11-7-10-13(17)15(14)16(19)18(2)12-8-5-4-6-9-12/h4-11H,3,17H2,1-2H3. The monoisotopic (exact) mass is 270 g/mol. The van der Waals surface area contributed by atoms with Gasteiger partial charge in [-0.15, -0.1) is 0 Å². The van der Waals surface area contributed by atoms with Crippen molar-refractivity contribution in [3.05, 3.63) is 54.1 Å². The van der Waals surface area contributed by atoms with Gasteiger partial charge in [0.05, 0.1) is 6.61 Å². The van der Waals surface area contributed by atoms with Crippen LogP contribution in [0.3, 0.4) is 0 Å². The number of nitrogen functional groups attached to an aromatic ring is 1. The van der Waals surface area contributed by atoms with Gasteiger partial charge in [0, 0.05) is 18.4 Å². The zero-order valence-corrected chi connectivity index (χ0v) is 11.7. The summed E-state index contributed by atoms with van der Waals surface area (Å²) in [6, 6.07) is 14.7. The SMILES string of the molecule is CCOc1cccc(N)c1C(=O)N(C)c1ccccc1. The molecule has 4 nitrogen and oxygen atoms in total. The Labute approximate surface area is 118 Å². The topological polar surface area (TPSA) is 55.6 Å². The van der Waals surface area contributed by atoms with Crippen molar-refractivity contribution in [2.24, 2.45) is 0 Å². The van der Waals surface area contributed by atoms with Crippen LogP contribution in [0.15, 0.2) is 48.5 Å². The normalized spacial score (nSPS) is 10.1. The van der Waals surface area contributed by atoms with E-state index < -0.39 is 0 Å². The molecule has 0 aliphatic heterocycles. The van der Waals surface area contributed by atoms with Crippen molar-refractivity contribution >= 4 is 17.3 Å². The molecule has 0 saturated carbocycles. The Morgan fingerprint density at radius 3 is 2.50 bits per heavy atom. The molecule has 0 heterocycles. The van der Waals surface area contributed by atoms with Gasteiger partial charge in [0.2, 0.25) is 0 Å². The van der Waals surface area contributed by atoms with E-state index in [9.17, 15) is 4.79 Å². The van der Waals surface area contributed by atoms with Crippen molar-refractivity contribution in [3.63, 3.8) is 0 Å². The van der Waals surface area contributed by atoms with Gasteiger partial charge in [-0.1, -0.05) is 24.3 Å². The fourth-order valence-corrected chi connectivity index (χ4v) is 1.99. The van der Waals surface area contributed by atoms with Crippen LogP contribution < -0.4 is 15.4 Å². The first-order chi connectivity index (χ1) is 9.65. The van der Waals surface area contributed by atoms with Crippen LogP contribution in [0.5, 0.6) is 5.75 Å². The third kappa shape index (κ3) is 2.74. The van der Waals surface area contributed by atoms with Gasteiger partial charge in [0.1, 0.15) is 11.3 Å². The summed E-state index contributed by atoms with van der Waals surface area (Å²) >= 11 is 0. The summed E-state index contributed by atoms with van der Waals surface area (Å²) in [5.74, 6) is 0.332. The highest BCUT2D eigenvalue weighted by molar-refractivity contribution is 6.10. The Bertz CT molecular complexity index is 597. The summed E-state index contributed by atoms with van der Waals surface area (Å²) in [7, 11) is 1.72. The molecule has 104 valence electrons. The minimum atomic E-state index is -0.183. The Balaban J connectivity index is 2.38. The van der Waals surface area contributed by atoms with Crippen LogP contribution in [0.4, 0.5) is 11.4 Å². The number of carbonyl (C=O) groups excluding carboxylic acids is 1. The van der Waals surface area contributed by atoms with Gasteiger partial charge in [-0.3, -0.25) is 4.79 Å². The predicted octanol–water partition coefficient (Wildman–Crippen LogP) is 2.94. The lowest BCUT2D eigenvalue weighted by atomic mass is 10.1. The maximum Gasteiger partial charge on any atom is 0.263 e. The van der Waals surface area contributed by atoms with E-state index in [-0.39, 0.29) is 5.91 Å². The average molecular weight is 270 g/mol. The summed E-state index contributed by atoms with van der Waals surface area (Å²) in [5.41, 5.74) is 7.57. The number of hydrogen-bond donors (Lipinski definition) is 1.